The minimum Gasteiger partial charge on any atom is -0.0885 e. The van der Waals surface area contributed by atoms with Gasteiger partial charge in [-0.1, -0.05) is 39.3 Å². The van der Waals surface area contributed by atoms with Crippen molar-refractivity contribution in [2.75, 3.05) is 0 Å². The molecule has 0 bridgehead atoms. The number of rotatable bonds is 4. The van der Waals surface area contributed by atoms with Gasteiger partial charge in [-0.05, 0) is 68.1 Å². The van der Waals surface area contributed by atoms with Crippen molar-refractivity contribution in [3.8, 4) is 0 Å². The highest BCUT2D eigenvalue weighted by molar-refractivity contribution is 4.99. The zero-order valence-corrected chi connectivity index (χ0v) is 12.0. The fraction of sp³-hybridized carbons (Fsp3) is 0.882. The summed E-state index contributed by atoms with van der Waals surface area (Å²) in [6.07, 6.45) is 16.4. The molecule has 0 amide bonds. The molecule has 0 spiro atoms. The molecular weight excluding hydrogens is 204 g/mol. The van der Waals surface area contributed by atoms with Gasteiger partial charge in [-0.3, -0.25) is 0 Å². The summed E-state index contributed by atoms with van der Waals surface area (Å²) in [6, 6.07) is 0. The van der Waals surface area contributed by atoms with E-state index in [2.05, 4.69) is 32.9 Å². The Bertz CT molecular complexity index is 265. The van der Waals surface area contributed by atoms with Gasteiger partial charge < -0.3 is 0 Å². The second-order valence-electron chi connectivity index (χ2n) is 6.78. The van der Waals surface area contributed by atoms with Crippen molar-refractivity contribution in [1.29, 1.82) is 0 Å². The highest BCUT2D eigenvalue weighted by Crippen LogP contribution is 2.54. The van der Waals surface area contributed by atoms with Crippen LogP contribution in [0.5, 0.6) is 0 Å². The van der Waals surface area contributed by atoms with Crippen molar-refractivity contribution >= 4 is 0 Å². The Balaban J connectivity index is 1.89. The van der Waals surface area contributed by atoms with Gasteiger partial charge in [0, 0.05) is 0 Å². The molecule has 2 fully saturated rings. The molecule has 0 aliphatic heterocycles. The third-order valence-corrected chi connectivity index (χ3v) is 5.56. The summed E-state index contributed by atoms with van der Waals surface area (Å²) < 4.78 is 0. The lowest BCUT2D eigenvalue weighted by molar-refractivity contribution is 0.185. The van der Waals surface area contributed by atoms with E-state index in [0.717, 1.165) is 17.8 Å². The summed E-state index contributed by atoms with van der Waals surface area (Å²) in [6.45, 7) is 7.20. The predicted molar refractivity (Wildman–Crippen MR) is 76.0 cm³/mol. The van der Waals surface area contributed by atoms with Crippen LogP contribution in [0.4, 0.5) is 0 Å². The molecule has 2 saturated carbocycles. The van der Waals surface area contributed by atoms with Crippen molar-refractivity contribution in [3.63, 3.8) is 0 Å². The summed E-state index contributed by atoms with van der Waals surface area (Å²) in [4.78, 5) is 0. The second kappa shape index (κ2) is 5.59. The van der Waals surface area contributed by atoms with Crippen LogP contribution in [0.2, 0.25) is 0 Å². The van der Waals surface area contributed by atoms with Crippen molar-refractivity contribution < 1.29 is 0 Å². The summed E-state index contributed by atoms with van der Waals surface area (Å²) in [5.41, 5.74) is 0.690. The normalized spacial score (nSPS) is 42.6. The topological polar surface area (TPSA) is 0 Å². The lowest BCUT2D eigenvalue weighted by Crippen LogP contribution is -2.22. The largest absolute Gasteiger partial charge is 0.0885 e. The molecule has 17 heavy (non-hydrogen) atoms. The van der Waals surface area contributed by atoms with Crippen molar-refractivity contribution in [1.82, 2.24) is 0 Å². The Morgan fingerprint density at radius 3 is 2.65 bits per heavy atom. The van der Waals surface area contributed by atoms with Crippen molar-refractivity contribution in [2.24, 2.45) is 23.2 Å². The fourth-order valence-electron chi connectivity index (χ4n) is 4.27. The highest BCUT2D eigenvalue weighted by atomic mass is 14.5. The Kier molecular flexibility index (Phi) is 4.33. The van der Waals surface area contributed by atoms with Gasteiger partial charge in [0.05, 0.1) is 0 Å². The number of hydrogen-bond acceptors (Lipinski definition) is 0. The van der Waals surface area contributed by atoms with Crippen LogP contribution in [0, 0.1) is 23.2 Å². The maximum atomic E-state index is 2.58. The molecule has 98 valence electrons. The van der Waals surface area contributed by atoms with Crippen LogP contribution >= 0.6 is 0 Å². The van der Waals surface area contributed by atoms with E-state index in [1.165, 1.54) is 51.4 Å². The van der Waals surface area contributed by atoms with Crippen LogP contribution in [0.25, 0.3) is 0 Å². The summed E-state index contributed by atoms with van der Waals surface area (Å²) >= 11 is 0. The van der Waals surface area contributed by atoms with E-state index in [4.69, 9.17) is 0 Å². The van der Waals surface area contributed by atoms with Gasteiger partial charge >= 0.3 is 0 Å². The van der Waals surface area contributed by atoms with E-state index in [9.17, 15) is 0 Å². The van der Waals surface area contributed by atoms with Crippen LogP contribution in [0.15, 0.2) is 12.2 Å². The molecule has 2 aliphatic rings. The first-order valence-electron chi connectivity index (χ1n) is 7.84. The molecule has 2 rings (SSSR count). The fourth-order valence-corrected chi connectivity index (χ4v) is 4.27. The Labute approximate surface area is 108 Å². The van der Waals surface area contributed by atoms with Gasteiger partial charge in [-0.25, -0.2) is 0 Å². The van der Waals surface area contributed by atoms with Crippen LogP contribution < -0.4 is 0 Å². The third-order valence-electron chi connectivity index (χ3n) is 5.56. The molecule has 2 aliphatic carbocycles. The molecule has 4 unspecified atom stereocenters. The molecular formula is C17H30. The van der Waals surface area contributed by atoms with E-state index < -0.39 is 0 Å². The van der Waals surface area contributed by atoms with E-state index >= 15 is 0 Å². The number of allylic oxidation sites excluding steroid dienone is 2. The molecule has 0 aromatic carbocycles. The summed E-state index contributed by atoms with van der Waals surface area (Å²) in [7, 11) is 0. The van der Waals surface area contributed by atoms with Gasteiger partial charge in [0.2, 0.25) is 0 Å². The number of hydrogen-bond donors (Lipinski definition) is 0. The zero-order valence-electron chi connectivity index (χ0n) is 12.0. The van der Waals surface area contributed by atoms with Crippen molar-refractivity contribution in [2.45, 2.75) is 72.1 Å². The predicted octanol–water partition coefficient (Wildman–Crippen LogP) is 5.59. The molecule has 0 heteroatoms. The van der Waals surface area contributed by atoms with Gasteiger partial charge in [-0.2, -0.15) is 0 Å². The third kappa shape index (κ3) is 2.95. The first-order chi connectivity index (χ1) is 8.18. The first-order valence-corrected chi connectivity index (χ1v) is 7.84. The van der Waals surface area contributed by atoms with Gasteiger partial charge in [0.1, 0.15) is 0 Å². The second-order valence-corrected chi connectivity index (χ2v) is 6.78. The van der Waals surface area contributed by atoms with Crippen LogP contribution in [0.3, 0.4) is 0 Å². The zero-order chi connectivity index (χ0) is 12.3. The van der Waals surface area contributed by atoms with Crippen LogP contribution in [-0.4, -0.2) is 0 Å². The quantitative estimate of drug-likeness (QED) is 0.557. The van der Waals surface area contributed by atoms with Gasteiger partial charge in [-0.15, -0.1) is 0 Å². The van der Waals surface area contributed by atoms with Gasteiger partial charge in [0.25, 0.3) is 0 Å². The monoisotopic (exact) mass is 234 g/mol. The smallest absolute Gasteiger partial charge is 0.0231 e. The van der Waals surface area contributed by atoms with E-state index in [1.807, 2.05) is 0 Å². The average molecular weight is 234 g/mol. The van der Waals surface area contributed by atoms with Crippen LogP contribution in [0.1, 0.15) is 72.1 Å². The lowest BCUT2D eigenvalue weighted by atomic mass is 9.73. The average Bonchev–Trinajstić information content (AvgIpc) is 2.94. The molecule has 0 saturated heterocycles. The minimum absolute atomic E-state index is 0.690. The molecule has 0 heterocycles. The molecule has 0 N–H and O–H groups in total. The van der Waals surface area contributed by atoms with E-state index in [0.29, 0.717) is 5.41 Å². The van der Waals surface area contributed by atoms with E-state index in [-0.39, 0.29) is 0 Å². The first kappa shape index (κ1) is 13.2. The molecule has 0 aromatic rings. The van der Waals surface area contributed by atoms with Gasteiger partial charge in [0.15, 0.2) is 0 Å². The molecule has 4 atom stereocenters. The molecule has 0 aromatic heterocycles. The maximum absolute atomic E-state index is 2.58. The molecule has 0 radical (unpaired) electrons. The highest BCUT2D eigenvalue weighted by Gasteiger charge is 2.42. The summed E-state index contributed by atoms with van der Waals surface area (Å²) in [5, 5.41) is 0. The molecule has 0 nitrogen and oxygen atoms in total. The maximum Gasteiger partial charge on any atom is -0.0231 e. The van der Waals surface area contributed by atoms with E-state index in [1.54, 1.807) is 0 Å². The van der Waals surface area contributed by atoms with Crippen LogP contribution in [-0.2, 0) is 0 Å². The SMILES string of the molecule is CC/C=C/C1CCC(C2(C)CCC(CC)C2)C1. The van der Waals surface area contributed by atoms with Crippen molar-refractivity contribution in [3.05, 3.63) is 12.2 Å². The summed E-state index contributed by atoms with van der Waals surface area (Å²) in [5.74, 6) is 2.95. The lowest BCUT2D eigenvalue weighted by Gasteiger charge is -2.32. The Hall–Kier alpha value is -0.260. The Morgan fingerprint density at radius 2 is 2.00 bits per heavy atom. The Morgan fingerprint density at radius 1 is 1.18 bits per heavy atom. The minimum atomic E-state index is 0.690. The standard InChI is InChI=1S/C17H30/c1-4-6-7-15-8-9-16(12-15)17(3)11-10-14(5-2)13-17/h6-7,14-16H,4-5,8-13H2,1-3H3/b7-6+.